The predicted molar refractivity (Wildman–Crippen MR) is 93.9 cm³/mol. The molecule has 0 aliphatic heterocycles. The van der Waals surface area contributed by atoms with Crippen LogP contribution in [0.4, 0.5) is 5.13 Å². The van der Waals surface area contributed by atoms with E-state index in [1.165, 1.54) is 37.5 Å². The van der Waals surface area contributed by atoms with E-state index >= 15 is 0 Å². The second-order valence-electron chi connectivity index (χ2n) is 7.08. The molecule has 0 bridgehead atoms. The van der Waals surface area contributed by atoms with Crippen LogP contribution in [0.1, 0.15) is 56.2 Å². The summed E-state index contributed by atoms with van der Waals surface area (Å²) in [6, 6.07) is 4.90. The van der Waals surface area contributed by atoms with Crippen LogP contribution in [0.2, 0.25) is 0 Å². The first-order chi connectivity index (χ1) is 11.6. The summed E-state index contributed by atoms with van der Waals surface area (Å²) in [6.07, 6.45) is 3.75. The molecular weight excluding hydrogens is 322 g/mol. The standard InChI is InChI=1S/C18H23N3O2S/c1-11-7-16(11)17-6-5-15(23-17)9-21(14-3-4-14)8-13-10-24-18(20-13)19-12(2)22/h5-6,10-11,14,16H,3-4,7-9H2,1-2H3,(H,19,20,22)/t11-,16-/m0/s1. The van der Waals surface area contributed by atoms with E-state index in [9.17, 15) is 4.79 Å². The third kappa shape index (κ3) is 3.70. The number of carbonyl (C=O) groups excluding carboxylic acids is 1. The maximum Gasteiger partial charge on any atom is 0.223 e. The van der Waals surface area contributed by atoms with Gasteiger partial charge >= 0.3 is 0 Å². The second kappa shape index (κ2) is 6.33. The Balaban J connectivity index is 1.40. The number of hydrogen-bond acceptors (Lipinski definition) is 5. The van der Waals surface area contributed by atoms with Crippen LogP contribution in [-0.2, 0) is 17.9 Å². The zero-order chi connectivity index (χ0) is 16.7. The van der Waals surface area contributed by atoms with Crippen LogP contribution in [0.15, 0.2) is 21.9 Å². The third-order valence-corrected chi connectivity index (χ3v) is 5.59. The monoisotopic (exact) mass is 345 g/mol. The molecule has 6 heteroatoms. The molecule has 0 aromatic carbocycles. The number of amides is 1. The molecule has 128 valence electrons. The largest absolute Gasteiger partial charge is 0.464 e. The van der Waals surface area contributed by atoms with Crippen molar-refractivity contribution in [1.82, 2.24) is 9.88 Å². The number of hydrogen-bond donors (Lipinski definition) is 1. The van der Waals surface area contributed by atoms with Gasteiger partial charge in [0.1, 0.15) is 11.5 Å². The average Bonchev–Trinajstić information content (AvgIpc) is 3.41. The highest BCUT2D eigenvalue weighted by Gasteiger charge is 2.37. The predicted octanol–water partition coefficient (Wildman–Crippen LogP) is 3.98. The van der Waals surface area contributed by atoms with Crippen molar-refractivity contribution >= 4 is 22.4 Å². The molecule has 2 heterocycles. The number of nitrogens with zero attached hydrogens (tertiary/aromatic N) is 2. The van der Waals surface area contributed by atoms with Crippen LogP contribution in [0.3, 0.4) is 0 Å². The Bertz CT molecular complexity index is 734. The minimum absolute atomic E-state index is 0.0765. The van der Waals surface area contributed by atoms with Crippen LogP contribution in [-0.4, -0.2) is 21.8 Å². The smallest absolute Gasteiger partial charge is 0.223 e. The van der Waals surface area contributed by atoms with Gasteiger partial charge in [-0.15, -0.1) is 11.3 Å². The fraction of sp³-hybridized carbons (Fsp3) is 0.556. The Hall–Kier alpha value is -1.66. The van der Waals surface area contributed by atoms with E-state index in [1.54, 1.807) is 0 Å². The molecular formula is C18H23N3O2S. The van der Waals surface area contributed by atoms with E-state index in [1.807, 2.05) is 5.38 Å². The van der Waals surface area contributed by atoms with Crippen molar-refractivity contribution in [2.45, 2.75) is 58.2 Å². The summed E-state index contributed by atoms with van der Waals surface area (Å²) in [5.74, 6) is 3.52. The van der Waals surface area contributed by atoms with E-state index in [-0.39, 0.29) is 5.91 Å². The molecule has 0 radical (unpaired) electrons. The van der Waals surface area contributed by atoms with Gasteiger partial charge in [-0.05, 0) is 37.3 Å². The SMILES string of the molecule is CC(=O)Nc1nc(CN(Cc2ccc([C@H]3C[C@@H]3C)o2)C2CC2)cs1. The maximum absolute atomic E-state index is 11.1. The second-order valence-corrected chi connectivity index (χ2v) is 7.94. The molecule has 2 aromatic heterocycles. The number of furan rings is 1. The minimum Gasteiger partial charge on any atom is -0.464 e. The topological polar surface area (TPSA) is 58.4 Å². The Morgan fingerprint density at radius 1 is 1.42 bits per heavy atom. The van der Waals surface area contributed by atoms with Gasteiger partial charge in [0.05, 0.1) is 12.2 Å². The van der Waals surface area contributed by atoms with Crippen LogP contribution >= 0.6 is 11.3 Å². The molecule has 0 spiro atoms. The van der Waals surface area contributed by atoms with Gasteiger partial charge in [-0.2, -0.15) is 0 Å². The number of aromatic nitrogens is 1. The first-order valence-electron chi connectivity index (χ1n) is 8.63. The summed E-state index contributed by atoms with van der Waals surface area (Å²) in [6.45, 7) is 5.42. The highest BCUT2D eigenvalue weighted by Crippen LogP contribution is 2.47. The van der Waals surface area contributed by atoms with Gasteiger partial charge in [0.15, 0.2) is 5.13 Å². The molecule has 24 heavy (non-hydrogen) atoms. The van der Waals surface area contributed by atoms with Gasteiger partial charge in [0, 0.05) is 30.8 Å². The molecule has 2 saturated carbocycles. The van der Waals surface area contributed by atoms with E-state index in [4.69, 9.17) is 4.42 Å². The zero-order valence-corrected chi connectivity index (χ0v) is 14.9. The van der Waals surface area contributed by atoms with Crippen LogP contribution in [0.5, 0.6) is 0 Å². The highest BCUT2D eigenvalue weighted by atomic mass is 32.1. The lowest BCUT2D eigenvalue weighted by atomic mass is 10.3. The van der Waals surface area contributed by atoms with Crippen LogP contribution < -0.4 is 5.32 Å². The molecule has 2 aliphatic carbocycles. The van der Waals surface area contributed by atoms with Gasteiger partial charge in [-0.25, -0.2) is 4.98 Å². The van der Waals surface area contributed by atoms with Crippen molar-refractivity contribution in [2.24, 2.45) is 5.92 Å². The van der Waals surface area contributed by atoms with Gasteiger partial charge in [-0.1, -0.05) is 6.92 Å². The molecule has 0 saturated heterocycles. The molecule has 5 nitrogen and oxygen atoms in total. The van der Waals surface area contributed by atoms with Crippen molar-refractivity contribution in [1.29, 1.82) is 0 Å². The Labute approximate surface area is 146 Å². The van der Waals surface area contributed by atoms with Gasteiger partial charge < -0.3 is 9.73 Å². The lowest BCUT2D eigenvalue weighted by molar-refractivity contribution is -0.114. The molecule has 2 atom stereocenters. The number of carbonyl (C=O) groups is 1. The Morgan fingerprint density at radius 2 is 2.21 bits per heavy atom. The zero-order valence-electron chi connectivity index (χ0n) is 14.1. The van der Waals surface area contributed by atoms with E-state index < -0.39 is 0 Å². The van der Waals surface area contributed by atoms with Crippen molar-refractivity contribution in [3.8, 4) is 0 Å². The fourth-order valence-corrected chi connectivity index (χ4v) is 3.89. The molecule has 2 fully saturated rings. The summed E-state index contributed by atoms with van der Waals surface area (Å²) < 4.78 is 6.07. The highest BCUT2D eigenvalue weighted by molar-refractivity contribution is 7.13. The number of nitrogens with one attached hydrogen (secondary N) is 1. The summed E-state index contributed by atoms with van der Waals surface area (Å²) in [5, 5.41) is 5.46. The molecule has 1 amide bonds. The summed E-state index contributed by atoms with van der Waals surface area (Å²) >= 11 is 1.48. The van der Waals surface area contributed by atoms with Crippen molar-refractivity contribution in [2.75, 3.05) is 5.32 Å². The van der Waals surface area contributed by atoms with Crippen molar-refractivity contribution < 1.29 is 9.21 Å². The first kappa shape index (κ1) is 15.8. The van der Waals surface area contributed by atoms with Gasteiger partial charge in [-0.3, -0.25) is 9.69 Å². The molecule has 2 aliphatic rings. The molecule has 4 rings (SSSR count). The molecule has 2 aromatic rings. The number of anilines is 1. The van der Waals surface area contributed by atoms with E-state index in [2.05, 4.69) is 34.3 Å². The quantitative estimate of drug-likeness (QED) is 0.824. The van der Waals surface area contributed by atoms with Gasteiger partial charge in [0.25, 0.3) is 0 Å². The van der Waals surface area contributed by atoms with Crippen LogP contribution in [0.25, 0.3) is 0 Å². The Morgan fingerprint density at radius 3 is 2.88 bits per heavy atom. The maximum atomic E-state index is 11.1. The normalized spacial score (nSPS) is 22.8. The number of rotatable bonds is 7. The molecule has 1 N–H and O–H groups in total. The van der Waals surface area contributed by atoms with Crippen molar-refractivity contribution in [3.05, 3.63) is 34.7 Å². The van der Waals surface area contributed by atoms with Crippen LogP contribution in [0, 0.1) is 5.92 Å². The van der Waals surface area contributed by atoms with Gasteiger partial charge in [0.2, 0.25) is 5.91 Å². The van der Waals surface area contributed by atoms with Crippen molar-refractivity contribution in [3.63, 3.8) is 0 Å². The van der Waals surface area contributed by atoms with E-state index in [0.29, 0.717) is 17.1 Å². The lowest BCUT2D eigenvalue weighted by Crippen LogP contribution is -2.25. The summed E-state index contributed by atoms with van der Waals surface area (Å²) in [5.41, 5.74) is 1.01. The summed E-state index contributed by atoms with van der Waals surface area (Å²) in [7, 11) is 0. The third-order valence-electron chi connectivity index (χ3n) is 4.78. The van der Waals surface area contributed by atoms with E-state index in [0.717, 1.165) is 36.2 Å². The summed E-state index contributed by atoms with van der Waals surface area (Å²) in [4.78, 5) is 18.1. The fourth-order valence-electron chi connectivity index (χ4n) is 3.15. The lowest BCUT2D eigenvalue weighted by Gasteiger charge is -2.19. The average molecular weight is 345 g/mol. The molecule has 0 unspecified atom stereocenters. The first-order valence-corrected chi connectivity index (χ1v) is 9.51. The minimum atomic E-state index is -0.0765. The number of thiazole rings is 1. The Kier molecular flexibility index (Phi) is 4.18.